The molecule has 1 unspecified atom stereocenters. The number of anilines is 1. The molecule has 5 nitrogen and oxygen atoms in total. The Bertz CT molecular complexity index is 774. The third-order valence-electron chi connectivity index (χ3n) is 2.83. The maximum Gasteiger partial charge on any atom is 0.244 e. The van der Waals surface area contributed by atoms with Crippen LogP contribution in [0, 0.1) is 12.7 Å². The van der Waals surface area contributed by atoms with E-state index < -0.39 is 26.8 Å². The minimum Gasteiger partial charge on any atom is -0.465 e. The Morgan fingerprint density at radius 2 is 2.05 bits per heavy atom. The largest absolute Gasteiger partial charge is 0.465 e. The standard InChI is InChI=1S/C13H14ClFN2O3S/c1-7-3-4-11(20-7)8(2)17-21(18,19)12-6-9(16)5-10(14)13(12)15/h3-6,8,17H,16H2,1-2H3. The number of nitrogen functional groups attached to an aromatic ring is 1. The molecule has 21 heavy (non-hydrogen) atoms. The fourth-order valence-electron chi connectivity index (χ4n) is 1.82. The lowest BCUT2D eigenvalue weighted by atomic mass is 10.3. The molecule has 0 saturated carbocycles. The smallest absolute Gasteiger partial charge is 0.244 e. The van der Waals surface area contributed by atoms with Crippen LogP contribution in [0.4, 0.5) is 10.1 Å². The average molecular weight is 333 g/mol. The van der Waals surface area contributed by atoms with Gasteiger partial charge in [0.1, 0.15) is 16.4 Å². The fraction of sp³-hybridized carbons (Fsp3) is 0.231. The van der Waals surface area contributed by atoms with Crippen LogP contribution >= 0.6 is 11.6 Å². The normalized spacial score (nSPS) is 13.3. The van der Waals surface area contributed by atoms with Crippen molar-refractivity contribution in [2.24, 2.45) is 0 Å². The summed E-state index contributed by atoms with van der Waals surface area (Å²) in [4.78, 5) is -0.595. The maximum atomic E-state index is 13.9. The summed E-state index contributed by atoms with van der Waals surface area (Å²) in [5.41, 5.74) is 5.57. The lowest BCUT2D eigenvalue weighted by molar-refractivity contribution is 0.440. The number of nitrogens with two attached hydrogens (primary N) is 1. The van der Waals surface area contributed by atoms with Gasteiger partial charge >= 0.3 is 0 Å². The zero-order chi connectivity index (χ0) is 15.8. The van der Waals surface area contributed by atoms with Crippen LogP contribution in [0.25, 0.3) is 0 Å². The van der Waals surface area contributed by atoms with Crippen LogP contribution in [0.1, 0.15) is 24.5 Å². The summed E-state index contributed by atoms with van der Waals surface area (Å²) < 4.78 is 46.0. The van der Waals surface area contributed by atoms with Crippen molar-refractivity contribution in [3.05, 3.63) is 46.6 Å². The second-order valence-corrected chi connectivity index (χ2v) is 6.70. The lowest BCUT2D eigenvalue weighted by Gasteiger charge is -2.13. The summed E-state index contributed by atoms with van der Waals surface area (Å²) >= 11 is 5.62. The molecule has 0 spiro atoms. The first-order valence-electron chi connectivity index (χ1n) is 6.04. The topological polar surface area (TPSA) is 85.3 Å². The highest BCUT2D eigenvalue weighted by Gasteiger charge is 2.25. The van der Waals surface area contributed by atoms with Crippen LogP contribution in [-0.4, -0.2) is 8.42 Å². The number of furan rings is 1. The summed E-state index contributed by atoms with van der Waals surface area (Å²) in [6.07, 6.45) is 0. The number of benzene rings is 1. The molecular formula is C13H14ClFN2O3S. The highest BCUT2D eigenvalue weighted by molar-refractivity contribution is 7.89. The summed E-state index contributed by atoms with van der Waals surface area (Å²) in [7, 11) is -4.12. The highest BCUT2D eigenvalue weighted by atomic mass is 35.5. The van der Waals surface area contributed by atoms with Crippen molar-refractivity contribution in [2.45, 2.75) is 24.8 Å². The number of halogens is 2. The van der Waals surface area contributed by atoms with Gasteiger partial charge in [-0.3, -0.25) is 0 Å². The molecule has 0 amide bonds. The Hall–Kier alpha value is -1.57. The van der Waals surface area contributed by atoms with Crippen molar-refractivity contribution < 1.29 is 17.2 Å². The predicted octanol–water partition coefficient (Wildman–Crippen LogP) is 3.00. The SMILES string of the molecule is Cc1ccc(C(C)NS(=O)(=O)c2cc(N)cc(Cl)c2F)o1. The zero-order valence-corrected chi connectivity index (χ0v) is 12.9. The minimum atomic E-state index is -4.12. The van der Waals surface area contributed by atoms with Crippen molar-refractivity contribution in [3.8, 4) is 0 Å². The van der Waals surface area contributed by atoms with Gasteiger partial charge in [0.15, 0.2) is 5.82 Å². The van der Waals surface area contributed by atoms with Gasteiger partial charge in [0.25, 0.3) is 0 Å². The van der Waals surface area contributed by atoms with E-state index in [0.29, 0.717) is 11.5 Å². The van der Waals surface area contributed by atoms with E-state index in [0.717, 1.165) is 12.1 Å². The Morgan fingerprint density at radius 1 is 1.38 bits per heavy atom. The Labute approximate surface area is 126 Å². The Kier molecular flexibility index (Phi) is 4.27. The molecule has 2 aromatic rings. The van der Waals surface area contributed by atoms with Crippen molar-refractivity contribution in [3.63, 3.8) is 0 Å². The first kappa shape index (κ1) is 15.8. The van der Waals surface area contributed by atoms with E-state index in [1.54, 1.807) is 26.0 Å². The van der Waals surface area contributed by atoms with Gasteiger partial charge in [0.2, 0.25) is 10.0 Å². The molecule has 1 atom stereocenters. The van der Waals surface area contributed by atoms with Gasteiger partial charge in [0, 0.05) is 5.69 Å². The van der Waals surface area contributed by atoms with Gasteiger partial charge in [-0.05, 0) is 38.1 Å². The van der Waals surface area contributed by atoms with Crippen LogP contribution in [0.2, 0.25) is 5.02 Å². The molecule has 0 fully saturated rings. The zero-order valence-electron chi connectivity index (χ0n) is 11.4. The first-order chi connectivity index (χ1) is 9.70. The Morgan fingerprint density at radius 3 is 2.62 bits per heavy atom. The summed E-state index contributed by atoms with van der Waals surface area (Å²) in [6.45, 7) is 3.32. The van der Waals surface area contributed by atoms with Gasteiger partial charge in [0.05, 0.1) is 11.1 Å². The van der Waals surface area contributed by atoms with E-state index in [9.17, 15) is 12.8 Å². The van der Waals surface area contributed by atoms with Crippen LogP contribution < -0.4 is 10.5 Å². The van der Waals surface area contributed by atoms with E-state index in [-0.39, 0.29) is 10.7 Å². The fourth-order valence-corrected chi connectivity index (χ4v) is 3.45. The van der Waals surface area contributed by atoms with E-state index in [1.165, 1.54) is 0 Å². The first-order valence-corrected chi connectivity index (χ1v) is 7.90. The van der Waals surface area contributed by atoms with Crippen LogP contribution in [0.15, 0.2) is 33.6 Å². The maximum absolute atomic E-state index is 13.9. The van der Waals surface area contributed by atoms with Gasteiger partial charge in [-0.2, -0.15) is 0 Å². The lowest BCUT2D eigenvalue weighted by Crippen LogP contribution is -2.27. The highest BCUT2D eigenvalue weighted by Crippen LogP contribution is 2.27. The molecule has 1 heterocycles. The van der Waals surface area contributed by atoms with E-state index in [1.807, 2.05) is 0 Å². The van der Waals surface area contributed by atoms with E-state index >= 15 is 0 Å². The molecule has 0 bridgehead atoms. The molecular weight excluding hydrogens is 319 g/mol. The molecule has 2 rings (SSSR count). The van der Waals surface area contributed by atoms with Crippen molar-refractivity contribution in [1.29, 1.82) is 0 Å². The monoisotopic (exact) mass is 332 g/mol. The van der Waals surface area contributed by atoms with Crippen LogP contribution in [0.5, 0.6) is 0 Å². The molecule has 1 aromatic heterocycles. The van der Waals surface area contributed by atoms with E-state index in [4.69, 9.17) is 21.8 Å². The summed E-state index contributed by atoms with van der Waals surface area (Å²) in [5.74, 6) is 0.0295. The van der Waals surface area contributed by atoms with Gasteiger partial charge < -0.3 is 10.2 Å². The molecule has 8 heteroatoms. The molecule has 0 aliphatic carbocycles. The van der Waals surface area contributed by atoms with Crippen molar-refractivity contribution >= 4 is 27.3 Å². The Balaban J connectivity index is 2.35. The quantitative estimate of drug-likeness (QED) is 0.843. The average Bonchev–Trinajstić information content (AvgIpc) is 2.80. The molecule has 0 radical (unpaired) electrons. The molecule has 114 valence electrons. The summed E-state index contributed by atoms with van der Waals surface area (Å²) in [6, 6.07) is 4.85. The minimum absolute atomic E-state index is 0.0586. The summed E-state index contributed by atoms with van der Waals surface area (Å²) in [5, 5.41) is -0.350. The molecule has 0 saturated heterocycles. The van der Waals surface area contributed by atoms with E-state index in [2.05, 4.69) is 4.72 Å². The number of rotatable bonds is 4. The van der Waals surface area contributed by atoms with Crippen LogP contribution in [-0.2, 0) is 10.0 Å². The predicted molar refractivity (Wildman–Crippen MR) is 78.0 cm³/mol. The second-order valence-electron chi connectivity index (χ2n) is 4.61. The van der Waals surface area contributed by atoms with Crippen molar-refractivity contribution in [2.75, 3.05) is 5.73 Å². The van der Waals surface area contributed by atoms with Gasteiger partial charge in [-0.1, -0.05) is 11.6 Å². The molecule has 0 aliphatic heterocycles. The van der Waals surface area contributed by atoms with Crippen molar-refractivity contribution in [1.82, 2.24) is 4.72 Å². The molecule has 1 aromatic carbocycles. The third kappa shape index (κ3) is 3.37. The number of nitrogens with one attached hydrogen (secondary N) is 1. The second kappa shape index (κ2) is 5.67. The van der Waals surface area contributed by atoms with Gasteiger partial charge in [-0.15, -0.1) is 0 Å². The number of sulfonamides is 1. The molecule has 0 aliphatic rings. The molecule has 3 N–H and O–H groups in total. The van der Waals surface area contributed by atoms with Gasteiger partial charge in [-0.25, -0.2) is 17.5 Å². The third-order valence-corrected chi connectivity index (χ3v) is 4.64. The number of aryl methyl sites for hydroxylation is 1. The van der Waals surface area contributed by atoms with Crippen LogP contribution in [0.3, 0.4) is 0 Å². The number of hydrogen-bond donors (Lipinski definition) is 2. The number of hydrogen-bond acceptors (Lipinski definition) is 4.